The van der Waals surface area contributed by atoms with Gasteiger partial charge in [0.1, 0.15) is 30.0 Å². The molecule has 1 aliphatic rings. The van der Waals surface area contributed by atoms with Gasteiger partial charge in [-0.15, -0.1) is 0 Å². The van der Waals surface area contributed by atoms with Crippen LogP contribution in [0.5, 0.6) is 5.75 Å². The molecule has 0 unspecified atom stereocenters. The normalized spacial score (nSPS) is 19.6. The maximum Gasteiger partial charge on any atom is 0.303 e. The van der Waals surface area contributed by atoms with Crippen LogP contribution in [0.1, 0.15) is 42.3 Å². The zero-order valence-corrected chi connectivity index (χ0v) is 15.7. The van der Waals surface area contributed by atoms with Crippen molar-refractivity contribution in [3.8, 4) is 5.75 Å². The molecular formula is C22H26O6. The van der Waals surface area contributed by atoms with Crippen molar-refractivity contribution < 1.29 is 29.3 Å². The van der Waals surface area contributed by atoms with Gasteiger partial charge in [0.25, 0.3) is 0 Å². The van der Waals surface area contributed by atoms with Gasteiger partial charge in [0, 0.05) is 30.7 Å². The van der Waals surface area contributed by atoms with E-state index in [2.05, 4.69) is 0 Å². The first-order chi connectivity index (χ1) is 13.5. The van der Waals surface area contributed by atoms with Crippen LogP contribution in [0.15, 0.2) is 53.0 Å². The summed E-state index contributed by atoms with van der Waals surface area (Å²) in [6.07, 6.45) is 4.73. The predicted octanol–water partition coefficient (Wildman–Crippen LogP) is 3.07. The highest BCUT2D eigenvalue weighted by atomic mass is 16.5. The third-order valence-corrected chi connectivity index (χ3v) is 4.83. The van der Waals surface area contributed by atoms with Crippen LogP contribution >= 0.6 is 0 Å². The number of furan rings is 1. The highest BCUT2D eigenvalue weighted by Crippen LogP contribution is 2.37. The number of aliphatic hydroxyl groups excluding tert-OH is 2. The van der Waals surface area contributed by atoms with Gasteiger partial charge >= 0.3 is 5.97 Å². The molecule has 0 spiro atoms. The van der Waals surface area contributed by atoms with E-state index < -0.39 is 18.2 Å². The summed E-state index contributed by atoms with van der Waals surface area (Å²) in [5, 5.41) is 29.1. The average molecular weight is 386 g/mol. The molecule has 6 nitrogen and oxygen atoms in total. The molecule has 6 heteroatoms. The van der Waals surface area contributed by atoms with Crippen molar-refractivity contribution in [3.05, 3.63) is 65.6 Å². The SMILES string of the molecule is O=C(O)CCCCc1cc2c(o1)C[C@@H](O)[C@@H]2/C=C/[C@@H](O)COc1ccccc1. The monoisotopic (exact) mass is 386 g/mol. The molecule has 150 valence electrons. The third kappa shape index (κ3) is 5.47. The standard InChI is InChI=1S/C22H26O6/c23-15(14-27-16-6-2-1-3-7-16)10-11-18-19-12-17(8-4-5-9-22(25)26)28-21(19)13-20(18)24/h1-3,6-7,10-12,15,18,20,23-24H,4-5,8-9,13-14H2,(H,25,26)/b11-10+/t15-,18-,20-/m1/s1. The number of fused-ring (bicyclic) bond motifs is 1. The maximum atomic E-state index is 10.6. The van der Waals surface area contributed by atoms with E-state index in [1.807, 2.05) is 36.4 Å². The van der Waals surface area contributed by atoms with Gasteiger partial charge in [0.2, 0.25) is 0 Å². The number of carbonyl (C=O) groups is 1. The number of ether oxygens (including phenoxy) is 1. The van der Waals surface area contributed by atoms with Crippen molar-refractivity contribution in [3.63, 3.8) is 0 Å². The maximum absolute atomic E-state index is 10.6. The van der Waals surface area contributed by atoms with E-state index in [0.29, 0.717) is 25.0 Å². The predicted molar refractivity (Wildman–Crippen MR) is 103 cm³/mol. The van der Waals surface area contributed by atoms with Crippen LogP contribution in [0.2, 0.25) is 0 Å². The Morgan fingerprint density at radius 2 is 2.07 bits per heavy atom. The number of rotatable bonds is 10. The quantitative estimate of drug-likeness (QED) is 0.429. The van der Waals surface area contributed by atoms with Crippen LogP contribution in [0.4, 0.5) is 0 Å². The Balaban J connectivity index is 1.53. The van der Waals surface area contributed by atoms with Gasteiger partial charge in [-0.1, -0.05) is 30.4 Å². The van der Waals surface area contributed by atoms with Crippen molar-refractivity contribution in [2.45, 2.75) is 50.2 Å². The van der Waals surface area contributed by atoms with Gasteiger partial charge in [-0.2, -0.15) is 0 Å². The molecule has 0 bridgehead atoms. The van der Waals surface area contributed by atoms with Crippen LogP contribution in [-0.4, -0.2) is 40.1 Å². The second-order valence-corrected chi connectivity index (χ2v) is 7.07. The van der Waals surface area contributed by atoms with Crippen molar-refractivity contribution in [2.24, 2.45) is 0 Å². The molecule has 1 heterocycles. The summed E-state index contributed by atoms with van der Waals surface area (Å²) in [6, 6.07) is 11.2. The lowest BCUT2D eigenvalue weighted by Gasteiger charge is -2.12. The molecule has 0 saturated heterocycles. The first-order valence-electron chi connectivity index (χ1n) is 9.58. The molecule has 2 aromatic rings. The fourth-order valence-corrected chi connectivity index (χ4v) is 3.40. The minimum atomic E-state index is -0.787. The third-order valence-electron chi connectivity index (χ3n) is 4.83. The number of hydrogen-bond donors (Lipinski definition) is 3. The van der Waals surface area contributed by atoms with Crippen LogP contribution in [0, 0.1) is 0 Å². The van der Waals surface area contributed by atoms with Crippen LogP contribution in [0.25, 0.3) is 0 Å². The number of hydrogen-bond acceptors (Lipinski definition) is 5. The molecular weight excluding hydrogens is 360 g/mol. The fourth-order valence-electron chi connectivity index (χ4n) is 3.40. The second-order valence-electron chi connectivity index (χ2n) is 7.07. The first-order valence-corrected chi connectivity index (χ1v) is 9.58. The Kier molecular flexibility index (Phi) is 6.90. The molecule has 0 saturated carbocycles. The number of aliphatic carboxylic acids is 1. The van der Waals surface area contributed by atoms with E-state index in [-0.39, 0.29) is 18.9 Å². The van der Waals surface area contributed by atoms with E-state index in [1.165, 1.54) is 0 Å². The number of aryl methyl sites for hydroxylation is 1. The van der Waals surface area contributed by atoms with E-state index in [9.17, 15) is 15.0 Å². The lowest BCUT2D eigenvalue weighted by Crippen LogP contribution is -2.16. The highest BCUT2D eigenvalue weighted by molar-refractivity contribution is 5.66. The van der Waals surface area contributed by atoms with E-state index in [1.54, 1.807) is 12.2 Å². The highest BCUT2D eigenvalue weighted by Gasteiger charge is 2.33. The van der Waals surface area contributed by atoms with E-state index in [0.717, 1.165) is 23.5 Å². The number of aliphatic hydroxyl groups is 2. The van der Waals surface area contributed by atoms with Crippen molar-refractivity contribution in [1.29, 1.82) is 0 Å². The van der Waals surface area contributed by atoms with Gasteiger partial charge in [0.05, 0.1) is 6.10 Å². The molecule has 1 aromatic heterocycles. The first kappa shape index (κ1) is 20.2. The van der Waals surface area contributed by atoms with E-state index in [4.69, 9.17) is 14.3 Å². The van der Waals surface area contributed by atoms with E-state index >= 15 is 0 Å². The molecule has 3 N–H and O–H groups in total. The largest absolute Gasteiger partial charge is 0.491 e. The Morgan fingerprint density at radius 3 is 2.82 bits per heavy atom. The van der Waals surface area contributed by atoms with Crippen LogP contribution in [0.3, 0.4) is 0 Å². The molecule has 1 aromatic carbocycles. The summed E-state index contributed by atoms with van der Waals surface area (Å²) in [5.74, 6) is 1.27. The number of unbranched alkanes of at least 4 members (excludes halogenated alkanes) is 1. The van der Waals surface area contributed by atoms with Gasteiger partial charge in [0.15, 0.2) is 0 Å². The fraction of sp³-hybridized carbons (Fsp3) is 0.409. The van der Waals surface area contributed by atoms with Crippen LogP contribution in [-0.2, 0) is 17.6 Å². The van der Waals surface area contributed by atoms with Gasteiger partial charge < -0.3 is 24.5 Å². The summed E-state index contributed by atoms with van der Waals surface area (Å²) in [5.41, 5.74) is 0.938. The minimum Gasteiger partial charge on any atom is -0.491 e. The minimum absolute atomic E-state index is 0.135. The van der Waals surface area contributed by atoms with Crippen LogP contribution < -0.4 is 4.74 Å². The molecule has 0 aliphatic heterocycles. The topological polar surface area (TPSA) is 100 Å². The summed E-state index contributed by atoms with van der Waals surface area (Å²) in [6.45, 7) is 0.135. The molecule has 0 amide bonds. The van der Waals surface area contributed by atoms with Gasteiger partial charge in [-0.25, -0.2) is 0 Å². The van der Waals surface area contributed by atoms with Gasteiger partial charge in [-0.3, -0.25) is 4.79 Å². The lowest BCUT2D eigenvalue weighted by molar-refractivity contribution is -0.137. The number of para-hydroxylation sites is 1. The summed E-state index contributed by atoms with van der Waals surface area (Å²) >= 11 is 0. The molecule has 0 radical (unpaired) electrons. The van der Waals surface area contributed by atoms with Crippen molar-refractivity contribution in [2.75, 3.05) is 6.61 Å². The van der Waals surface area contributed by atoms with Gasteiger partial charge in [-0.05, 0) is 31.0 Å². The summed E-state index contributed by atoms with van der Waals surface area (Å²) in [7, 11) is 0. The Hall–Kier alpha value is -2.57. The Labute approximate surface area is 164 Å². The van der Waals surface area contributed by atoms with Crippen molar-refractivity contribution >= 4 is 5.97 Å². The number of carboxylic acids is 1. The molecule has 1 aliphatic carbocycles. The molecule has 3 rings (SSSR count). The smallest absolute Gasteiger partial charge is 0.303 e. The molecule has 0 fully saturated rings. The second kappa shape index (κ2) is 9.57. The zero-order valence-electron chi connectivity index (χ0n) is 15.7. The number of carboxylic acid groups (broad SMARTS) is 1. The average Bonchev–Trinajstić information content (AvgIpc) is 3.19. The zero-order chi connectivity index (χ0) is 19.9. The lowest BCUT2D eigenvalue weighted by atomic mass is 9.99. The summed E-state index contributed by atoms with van der Waals surface area (Å²) in [4.78, 5) is 10.6. The Morgan fingerprint density at radius 1 is 1.29 bits per heavy atom. The molecule has 3 atom stereocenters. The Bertz CT molecular complexity index is 795. The summed E-state index contributed by atoms with van der Waals surface area (Å²) < 4.78 is 11.3. The van der Waals surface area contributed by atoms with Crippen molar-refractivity contribution in [1.82, 2.24) is 0 Å². The number of benzene rings is 1. The molecule has 28 heavy (non-hydrogen) atoms.